The van der Waals surface area contributed by atoms with Crippen LogP contribution in [0.25, 0.3) is 0 Å². The van der Waals surface area contributed by atoms with E-state index in [4.69, 9.17) is 21.4 Å². The summed E-state index contributed by atoms with van der Waals surface area (Å²) < 4.78 is 12.2. The van der Waals surface area contributed by atoms with E-state index in [2.05, 4.69) is 15.9 Å². The van der Waals surface area contributed by atoms with E-state index in [1.807, 2.05) is 43.3 Å². The zero-order valence-electron chi connectivity index (χ0n) is 14.7. The lowest BCUT2D eigenvalue weighted by molar-refractivity contribution is -0.123. The highest BCUT2D eigenvalue weighted by Gasteiger charge is 2.29. The van der Waals surface area contributed by atoms with Gasteiger partial charge in [-0.05, 0) is 48.9 Å². The van der Waals surface area contributed by atoms with E-state index in [1.165, 1.54) is 11.8 Å². The maximum absolute atomic E-state index is 12.8. The van der Waals surface area contributed by atoms with Crippen molar-refractivity contribution in [3.63, 3.8) is 0 Å². The van der Waals surface area contributed by atoms with Gasteiger partial charge in [-0.3, -0.25) is 9.69 Å². The average Bonchev–Trinajstić information content (AvgIpc) is 3.18. The van der Waals surface area contributed by atoms with Gasteiger partial charge in [-0.25, -0.2) is 0 Å². The zero-order valence-corrected chi connectivity index (χ0v) is 17.9. The molecule has 0 saturated carbocycles. The SMILES string of the molecule is C/C=C(/C=C1/SCC(=S)N(Cc2ccco2)C1=O)OCc1ccc(Br)cc1. The largest absolute Gasteiger partial charge is 0.489 e. The van der Waals surface area contributed by atoms with Crippen LogP contribution in [0.1, 0.15) is 18.2 Å². The average molecular weight is 464 g/mol. The summed E-state index contributed by atoms with van der Waals surface area (Å²) in [5, 5.41) is 0. The number of nitrogens with zero attached hydrogens (tertiary/aromatic N) is 1. The molecule has 0 unspecified atom stereocenters. The summed E-state index contributed by atoms with van der Waals surface area (Å²) in [6, 6.07) is 11.6. The van der Waals surface area contributed by atoms with Crippen molar-refractivity contribution >= 4 is 50.8 Å². The number of allylic oxidation sites excluding steroid dienone is 2. The molecule has 2 heterocycles. The van der Waals surface area contributed by atoms with E-state index in [1.54, 1.807) is 23.3 Å². The van der Waals surface area contributed by atoms with Crippen LogP contribution in [0.4, 0.5) is 0 Å². The van der Waals surface area contributed by atoms with Gasteiger partial charge < -0.3 is 9.15 Å². The number of amides is 1. The number of carbonyl (C=O) groups is 1. The summed E-state index contributed by atoms with van der Waals surface area (Å²) in [4.78, 5) is 15.6. The first-order chi connectivity index (χ1) is 13.1. The molecule has 0 aliphatic carbocycles. The van der Waals surface area contributed by atoms with Gasteiger partial charge >= 0.3 is 0 Å². The first-order valence-corrected chi connectivity index (χ1v) is 10.5. The summed E-state index contributed by atoms with van der Waals surface area (Å²) >= 11 is 10.2. The van der Waals surface area contributed by atoms with Gasteiger partial charge in [0.2, 0.25) is 0 Å². The predicted molar refractivity (Wildman–Crippen MR) is 115 cm³/mol. The Morgan fingerprint density at radius 3 is 2.81 bits per heavy atom. The van der Waals surface area contributed by atoms with Crippen LogP contribution in [0.15, 0.2) is 74.4 Å². The van der Waals surface area contributed by atoms with E-state index in [-0.39, 0.29) is 5.91 Å². The van der Waals surface area contributed by atoms with Crippen molar-refractivity contribution in [2.24, 2.45) is 0 Å². The van der Waals surface area contributed by atoms with Crippen LogP contribution >= 0.6 is 39.9 Å². The number of hydrogen-bond donors (Lipinski definition) is 0. The second-order valence-corrected chi connectivity index (χ2v) is 8.17. The number of benzene rings is 1. The number of hydrogen-bond acceptors (Lipinski definition) is 5. The fourth-order valence-corrected chi connectivity index (χ4v) is 3.89. The quantitative estimate of drug-likeness (QED) is 0.323. The predicted octanol–water partition coefficient (Wildman–Crippen LogP) is 5.45. The van der Waals surface area contributed by atoms with Gasteiger partial charge in [0.15, 0.2) is 0 Å². The standard InChI is InChI=1S/C20H18BrNO3S2/c1-2-16(25-12-14-5-7-15(21)8-6-14)10-18-20(23)22(19(26)13-27-18)11-17-4-3-9-24-17/h2-10H,11-13H2,1H3/b16-2-,18-10+. The first kappa shape index (κ1) is 19.9. The lowest BCUT2D eigenvalue weighted by Crippen LogP contribution is -2.40. The van der Waals surface area contributed by atoms with E-state index in [9.17, 15) is 4.79 Å². The monoisotopic (exact) mass is 463 g/mol. The molecule has 0 spiro atoms. The van der Waals surface area contributed by atoms with Gasteiger partial charge in [-0.2, -0.15) is 0 Å². The van der Waals surface area contributed by atoms with Crippen LogP contribution in [-0.2, 0) is 22.7 Å². The first-order valence-electron chi connectivity index (χ1n) is 8.32. The fourth-order valence-electron chi connectivity index (χ4n) is 2.43. The number of rotatable bonds is 6. The molecule has 1 fully saturated rings. The number of furan rings is 1. The Balaban J connectivity index is 1.68. The van der Waals surface area contributed by atoms with Gasteiger partial charge in [0.1, 0.15) is 18.1 Å². The van der Waals surface area contributed by atoms with Crippen molar-refractivity contribution in [3.05, 3.63) is 81.3 Å². The molecule has 1 aromatic carbocycles. The molecule has 1 aliphatic heterocycles. The second kappa shape index (κ2) is 9.39. The smallest absolute Gasteiger partial charge is 0.265 e. The third-order valence-electron chi connectivity index (χ3n) is 3.88. The molecule has 0 radical (unpaired) electrons. The highest BCUT2D eigenvalue weighted by Crippen LogP contribution is 2.28. The van der Waals surface area contributed by atoms with Gasteiger partial charge in [0.25, 0.3) is 5.91 Å². The normalized spacial score (nSPS) is 16.9. The van der Waals surface area contributed by atoms with E-state index < -0.39 is 0 Å². The van der Waals surface area contributed by atoms with Crippen LogP contribution < -0.4 is 0 Å². The molecule has 0 atom stereocenters. The number of halogens is 1. The Morgan fingerprint density at radius 2 is 2.15 bits per heavy atom. The minimum absolute atomic E-state index is 0.126. The van der Waals surface area contributed by atoms with E-state index >= 15 is 0 Å². The maximum Gasteiger partial charge on any atom is 0.265 e. The van der Waals surface area contributed by atoms with E-state index in [0.29, 0.717) is 40.3 Å². The minimum Gasteiger partial charge on any atom is -0.489 e. The Bertz CT molecular complexity index is 873. The summed E-state index contributed by atoms with van der Waals surface area (Å²) in [5.74, 6) is 1.81. The third kappa shape index (κ3) is 5.34. The molecule has 140 valence electrons. The van der Waals surface area contributed by atoms with Crippen molar-refractivity contribution in [2.75, 3.05) is 5.75 Å². The van der Waals surface area contributed by atoms with Crippen LogP contribution in [-0.4, -0.2) is 21.5 Å². The Labute approximate surface area is 176 Å². The van der Waals surface area contributed by atoms with Crippen LogP contribution in [0.2, 0.25) is 0 Å². The highest BCUT2D eigenvalue weighted by molar-refractivity contribution is 9.10. The Hall–Kier alpha value is -1.83. The van der Waals surface area contributed by atoms with E-state index in [0.717, 1.165) is 10.0 Å². The number of thiocarbonyl (C=S) groups is 1. The van der Waals surface area contributed by atoms with Crippen LogP contribution in [0.3, 0.4) is 0 Å². The molecule has 27 heavy (non-hydrogen) atoms. The topological polar surface area (TPSA) is 42.7 Å². The number of ether oxygens (including phenoxy) is 1. The van der Waals surface area contributed by atoms with Gasteiger partial charge in [-0.15, -0.1) is 11.8 Å². The molecule has 2 aromatic rings. The Morgan fingerprint density at radius 1 is 1.37 bits per heavy atom. The van der Waals surface area contributed by atoms with Gasteiger partial charge in [0, 0.05) is 10.2 Å². The molecule has 1 aliphatic rings. The fraction of sp³-hybridized carbons (Fsp3) is 0.200. The molecular weight excluding hydrogens is 446 g/mol. The summed E-state index contributed by atoms with van der Waals surface area (Å²) in [6.45, 7) is 2.66. The lowest BCUT2D eigenvalue weighted by Gasteiger charge is -2.28. The van der Waals surface area contributed by atoms with Gasteiger partial charge in [-0.1, -0.05) is 40.3 Å². The lowest BCUT2D eigenvalue weighted by atomic mass is 10.2. The molecule has 0 bridgehead atoms. The van der Waals surface area contributed by atoms with Crippen molar-refractivity contribution in [3.8, 4) is 0 Å². The molecule has 3 rings (SSSR count). The summed E-state index contributed by atoms with van der Waals surface area (Å²) in [7, 11) is 0. The molecular formula is C20H18BrNO3S2. The second-order valence-electron chi connectivity index (χ2n) is 5.77. The summed E-state index contributed by atoms with van der Waals surface area (Å²) in [6.07, 6.45) is 5.22. The van der Waals surface area contributed by atoms with Crippen molar-refractivity contribution < 1.29 is 13.9 Å². The summed E-state index contributed by atoms with van der Waals surface area (Å²) in [5.41, 5.74) is 1.05. The number of thioether (sulfide) groups is 1. The maximum atomic E-state index is 12.8. The van der Waals surface area contributed by atoms with Crippen molar-refractivity contribution in [1.29, 1.82) is 0 Å². The van der Waals surface area contributed by atoms with Crippen molar-refractivity contribution in [1.82, 2.24) is 4.90 Å². The minimum atomic E-state index is -0.126. The molecule has 0 N–H and O–H groups in total. The number of carbonyl (C=O) groups excluding carboxylic acids is 1. The van der Waals surface area contributed by atoms with Gasteiger partial charge in [0.05, 0.1) is 22.7 Å². The van der Waals surface area contributed by atoms with Crippen molar-refractivity contribution in [2.45, 2.75) is 20.1 Å². The molecule has 1 saturated heterocycles. The third-order valence-corrected chi connectivity index (χ3v) is 5.98. The molecule has 4 nitrogen and oxygen atoms in total. The molecule has 1 aromatic heterocycles. The highest BCUT2D eigenvalue weighted by atomic mass is 79.9. The molecule has 1 amide bonds. The van der Waals surface area contributed by atoms with Crippen LogP contribution in [0, 0.1) is 0 Å². The Kier molecular flexibility index (Phi) is 6.93. The zero-order chi connectivity index (χ0) is 19.2. The molecule has 7 heteroatoms. The van der Waals surface area contributed by atoms with Crippen LogP contribution in [0.5, 0.6) is 0 Å².